The largest absolute Gasteiger partial charge is 0.504 e. The monoisotopic (exact) mass is 608 g/mol. The number of phenols is 1. The van der Waals surface area contributed by atoms with Crippen molar-refractivity contribution in [3.05, 3.63) is 94.0 Å². The Labute approximate surface area is 264 Å². The molecule has 234 valence electrons. The van der Waals surface area contributed by atoms with Crippen molar-refractivity contribution in [3.63, 3.8) is 0 Å². The van der Waals surface area contributed by atoms with E-state index in [9.17, 15) is 5.11 Å². The van der Waals surface area contributed by atoms with Crippen LogP contribution in [-0.2, 0) is 25.7 Å². The second-order valence-electron chi connectivity index (χ2n) is 12.3. The van der Waals surface area contributed by atoms with Crippen molar-refractivity contribution in [2.75, 3.05) is 48.5 Å². The highest BCUT2D eigenvalue weighted by Crippen LogP contribution is 2.51. The van der Waals surface area contributed by atoms with Crippen molar-refractivity contribution in [2.45, 2.75) is 37.8 Å². The molecule has 4 aliphatic rings. The zero-order valence-electron chi connectivity index (χ0n) is 26.6. The Morgan fingerprint density at radius 3 is 2.09 bits per heavy atom. The molecule has 0 aromatic heterocycles. The zero-order valence-corrected chi connectivity index (χ0v) is 26.6. The maximum Gasteiger partial charge on any atom is 0.204 e. The molecule has 4 aromatic carbocycles. The molecule has 8 rings (SSSR count). The maximum atomic E-state index is 10.7. The van der Waals surface area contributed by atoms with Gasteiger partial charge in [0.1, 0.15) is 5.75 Å². The third kappa shape index (κ3) is 5.32. The average molecular weight is 609 g/mol. The number of methoxy groups -OCH3 is 3. The van der Waals surface area contributed by atoms with Gasteiger partial charge in [-0.25, -0.2) is 0 Å². The topological polar surface area (TPSA) is 72.9 Å². The van der Waals surface area contributed by atoms with E-state index in [2.05, 4.69) is 54.2 Å². The van der Waals surface area contributed by atoms with Crippen LogP contribution in [0, 0.1) is 0 Å². The number of nitrogens with zero attached hydrogens (tertiary/aromatic N) is 2. The average Bonchev–Trinajstić information content (AvgIpc) is 3.05. The molecule has 6 bridgehead atoms. The van der Waals surface area contributed by atoms with E-state index in [1.54, 1.807) is 27.4 Å². The first-order valence-electron chi connectivity index (χ1n) is 15.5. The van der Waals surface area contributed by atoms with Crippen molar-refractivity contribution in [1.29, 1.82) is 0 Å². The van der Waals surface area contributed by atoms with E-state index in [1.807, 2.05) is 24.3 Å². The van der Waals surface area contributed by atoms with E-state index in [0.717, 1.165) is 55.5 Å². The van der Waals surface area contributed by atoms with Gasteiger partial charge in [0.2, 0.25) is 5.75 Å². The van der Waals surface area contributed by atoms with Gasteiger partial charge in [-0.05, 0) is 110 Å². The highest BCUT2D eigenvalue weighted by atomic mass is 16.5. The second-order valence-corrected chi connectivity index (χ2v) is 12.3. The summed E-state index contributed by atoms with van der Waals surface area (Å²) in [6, 6.07) is 20.2. The summed E-state index contributed by atoms with van der Waals surface area (Å²) >= 11 is 0. The smallest absolute Gasteiger partial charge is 0.204 e. The molecule has 0 aliphatic carbocycles. The number of phenolic OH excluding ortho intramolecular Hbond substituents is 1. The molecular formula is C37H40N2O6. The van der Waals surface area contributed by atoms with E-state index in [0.29, 0.717) is 40.2 Å². The summed E-state index contributed by atoms with van der Waals surface area (Å²) < 4.78 is 31.0. The first-order valence-corrected chi connectivity index (χ1v) is 15.5. The Hall–Kier alpha value is -4.40. The molecule has 0 amide bonds. The van der Waals surface area contributed by atoms with E-state index < -0.39 is 0 Å². The summed E-state index contributed by atoms with van der Waals surface area (Å²) in [6.07, 6.45) is 3.25. The summed E-state index contributed by atoms with van der Waals surface area (Å²) in [6.45, 7) is 1.82. The lowest BCUT2D eigenvalue weighted by molar-refractivity contribution is 0.220. The molecule has 0 saturated carbocycles. The molecule has 4 heterocycles. The predicted molar refractivity (Wildman–Crippen MR) is 173 cm³/mol. The minimum absolute atomic E-state index is 0.0254. The van der Waals surface area contributed by atoms with Gasteiger partial charge in [0.15, 0.2) is 34.5 Å². The number of hydrogen-bond donors (Lipinski definition) is 1. The van der Waals surface area contributed by atoms with Crippen LogP contribution in [0.2, 0.25) is 0 Å². The Morgan fingerprint density at radius 2 is 1.36 bits per heavy atom. The van der Waals surface area contributed by atoms with E-state index >= 15 is 0 Å². The Bertz CT molecular complexity index is 1740. The molecule has 1 unspecified atom stereocenters. The quantitative estimate of drug-likeness (QED) is 0.271. The van der Waals surface area contributed by atoms with Crippen molar-refractivity contribution in [3.8, 4) is 46.0 Å². The van der Waals surface area contributed by atoms with Crippen molar-refractivity contribution in [1.82, 2.24) is 9.80 Å². The molecule has 45 heavy (non-hydrogen) atoms. The first kappa shape index (κ1) is 29.3. The number of likely N-dealkylation sites (N-methyl/N-ethyl adjacent to an activating group) is 2. The van der Waals surface area contributed by atoms with Crippen LogP contribution in [-0.4, -0.2) is 63.4 Å². The number of rotatable bonds is 3. The highest BCUT2D eigenvalue weighted by Gasteiger charge is 2.34. The SMILES string of the molecule is COc1cc2c3cc1Oc1c(OC)c(OC)cc4c1C(Cc1ccc(cc1)Oc1cc(ccc1O)C[C@H]3N(C)CC2)N(C)CC4. The normalized spacial score (nSPS) is 19.4. The molecule has 0 radical (unpaired) electrons. The highest BCUT2D eigenvalue weighted by molar-refractivity contribution is 5.63. The van der Waals surface area contributed by atoms with Crippen LogP contribution in [0.5, 0.6) is 46.0 Å². The van der Waals surface area contributed by atoms with Gasteiger partial charge in [-0.3, -0.25) is 9.80 Å². The Morgan fingerprint density at radius 1 is 0.689 bits per heavy atom. The summed E-state index contributed by atoms with van der Waals surface area (Å²) in [5.74, 6) is 4.44. The third-order valence-electron chi connectivity index (χ3n) is 9.64. The molecule has 8 nitrogen and oxygen atoms in total. The molecule has 0 spiro atoms. The molecule has 0 fully saturated rings. The number of benzene rings is 4. The fraction of sp³-hybridized carbons (Fsp3) is 0.351. The van der Waals surface area contributed by atoms with Gasteiger partial charge >= 0.3 is 0 Å². The first-order chi connectivity index (χ1) is 21.9. The van der Waals surface area contributed by atoms with Crippen LogP contribution in [0.4, 0.5) is 0 Å². The molecule has 0 saturated heterocycles. The maximum absolute atomic E-state index is 10.7. The Balaban J connectivity index is 1.46. The van der Waals surface area contributed by atoms with Gasteiger partial charge in [0, 0.05) is 30.7 Å². The molecule has 4 aromatic rings. The van der Waals surface area contributed by atoms with Crippen molar-refractivity contribution < 1.29 is 28.8 Å². The number of hydrogen-bond acceptors (Lipinski definition) is 8. The van der Waals surface area contributed by atoms with Gasteiger partial charge in [0.05, 0.1) is 21.3 Å². The van der Waals surface area contributed by atoms with Crippen molar-refractivity contribution >= 4 is 0 Å². The fourth-order valence-corrected chi connectivity index (χ4v) is 7.11. The van der Waals surface area contributed by atoms with E-state index in [1.165, 1.54) is 16.7 Å². The number of aromatic hydroxyl groups is 1. The minimum atomic E-state index is 0.0254. The molecular weight excluding hydrogens is 568 g/mol. The lowest BCUT2D eigenvalue weighted by atomic mass is 9.87. The minimum Gasteiger partial charge on any atom is -0.504 e. The standard InChI is InChI=1S/C37H40N2O6/c1-38-14-12-24-19-32(41-3)33-21-27(24)28(38)17-23-8-11-30(40)31(18-23)44-26-9-6-22(7-10-26)16-29-35-25(13-15-39(29)2)20-34(42-4)36(43-5)37(35)45-33/h6-11,18-21,28-29,40H,12-17H2,1-5H3/t28-,29?/m1/s1. The summed E-state index contributed by atoms with van der Waals surface area (Å²) in [5, 5.41) is 10.7. The van der Waals surface area contributed by atoms with Crippen LogP contribution in [0.3, 0.4) is 0 Å². The van der Waals surface area contributed by atoms with Gasteiger partial charge in [-0.15, -0.1) is 0 Å². The molecule has 2 atom stereocenters. The second kappa shape index (κ2) is 11.8. The summed E-state index contributed by atoms with van der Waals surface area (Å²) in [4.78, 5) is 4.75. The van der Waals surface area contributed by atoms with Gasteiger partial charge in [-0.2, -0.15) is 0 Å². The summed E-state index contributed by atoms with van der Waals surface area (Å²) in [5.41, 5.74) is 6.93. The Kier molecular flexibility index (Phi) is 7.71. The molecule has 8 heteroatoms. The number of ether oxygens (including phenoxy) is 5. The zero-order chi connectivity index (χ0) is 31.2. The van der Waals surface area contributed by atoms with Crippen LogP contribution in [0.1, 0.15) is 45.5 Å². The fourth-order valence-electron chi connectivity index (χ4n) is 7.11. The van der Waals surface area contributed by atoms with Crippen LogP contribution in [0.15, 0.2) is 60.7 Å². The lowest BCUT2D eigenvalue weighted by Crippen LogP contribution is -2.34. The lowest BCUT2D eigenvalue weighted by Gasteiger charge is -2.37. The molecule has 1 N–H and O–H groups in total. The van der Waals surface area contributed by atoms with Crippen LogP contribution < -0.4 is 23.7 Å². The van der Waals surface area contributed by atoms with Gasteiger partial charge < -0.3 is 28.8 Å². The van der Waals surface area contributed by atoms with Crippen LogP contribution in [0.25, 0.3) is 0 Å². The van der Waals surface area contributed by atoms with E-state index in [4.69, 9.17) is 23.7 Å². The molecule has 4 aliphatic heterocycles. The van der Waals surface area contributed by atoms with Gasteiger partial charge in [-0.1, -0.05) is 18.2 Å². The van der Waals surface area contributed by atoms with Gasteiger partial charge in [0.25, 0.3) is 0 Å². The third-order valence-corrected chi connectivity index (χ3v) is 9.64. The number of fused-ring (bicyclic) bond motifs is 2. The van der Waals surface area contributed by atoms with E-state index in [-0.39, 0.29) is 17.8 Å². The van der Waals surface area contributed by atoms with Crippen LogP contribution >= 0.6 is 0 Å². The predicted octanol–water partition coefficient (Wildman–Crippen LogP) is 6.86. The van der Waals surface area contributed by atoms with Crippen molar-refractivity contribution in [2.24, 2.45) is 0 Å². The summed E-state index contributed by atoms with van der Waals surface area (Å²) in [7, 11) is 9.34.